The topological polar surface area (TPSA) is 97.2 Å². The summed E-state index contributed by atoms with van der Waals surface area (Å²) in [5.41, 5.74) is 0. The highest BCUT2D eigenvalue weighted by atomic mass is 79.9. The van der Waals surface area contributed by atoms with E-state index in [4.69, 9.17) is 0 Å². The van der Waals surface area contributed by atoms with Gasteiger partial charge in [-0.1, -0.05) is 5.21 Å². The lowest BCUT2D eigenvalue weighted by molar-refractivity contribution is -0.119. The summed E-state index contributed by atoms with van der Waals surface area (Å²) in [5.74, 6) is 0.253. The Kier molecular flexibility index (Phi) is 4.99. The molecule has 1 amide bonds. The maximum absolute atomic E-state index is 12.6. The highest BCUT2D eigenvalue weighted by Crippen LogP contribution is 2.26. The fourth-order valence-electron chi connectivity index (χ4n) is 2.36. The molecule has 1 N–H and O–H groups in total. The van der Waals surface area contributed by atoms with Crippen LogP contribution < -0.4 is 5.32 Å². The second kappa shape index (κ2) is 6.41. The molecule has 1 aromatic heterocycles. The second-order valence-corrected chi connectivity index (χ2v) is 7.70. The Bertz CT molecular complexity index is 602. The van der Waals surface area contributed by atoms with Gasteiger partial charge in [-0.15, -0.1) is 5.10 Å². The Hall–Kier alpha value is -1.00. The number of carbonyl (C=O) groups is 1. The van der Waals surface area contributed by atoms with Crippen molar-refractivity contribution in [2.24, 2.45) is 13.0 Å². The van der Waals surface area contributed by atoms with E-state index in [0.29, 0.717) is 25.6 Å². The van der Waals surface area contributed by atoms with Crippen molar-refractivity contribution in [3.8, 4) is 0 Å². The molecule has 2 heterocycles. The van der Waals surface area contributed by atoms with Gasteiger partial charge >= 0.3 is 0 Å². The molecule has 21 heavy (non-hydrogen) atoms. The molecule has 1 saturated heterocycles. The van der Waals surface area contributed by atoms with Gasteiger partial charge in [-0.3, -0.25) is 4.79 Å². The fourth-order valence-corrected chi connectivity index (χ4v) is 4.86. The van der Waals surface area contributed by atoms with Crippen molar-refractivity contribution in [2.45, 2.75) is 24.8 Å². The van der Waals surface area contributed by atoms with Gasteiger partial charge < -0.3 is 5.32 Å². The highest BCUT2D eigenvalue weighted by molar-refractivity contribution is 9.10. The summed E-state index contributed by atoms with van der Waals surface area (Å²) in [5, 5.41) is 10.3. The first-order valence-corrected chi connectivity index (χ1v) is 8.85. The van der Waals surface area contributed by atoms with E-state index in [-0.39, 0.29) is 15.5 Å². The summed E-state index contributed by atoms with van der Waals surface area (Å²) in [6.45, 7) is 2.95. The second-order valence-electron chi connectivity index (χ2n) is 5.09. The first-order valence-electron chi connectivity index (χ1n) is 6.62. The first-order chi connectivity index (χ1) is 9.82. The fraction of sp³-hybridized carbons (Fsp3) is 0.727. The number of nitrogens with one attached hydrogen (secondary N) is 1. The number of carbonyl (C=O) groups excluding carboxylic acids is 1. The smallest absolute Gasteiger partial charge is 0.263 e. The van der Waals surface area contributed by atoms with Crippen LogP contribution in [0, 0.1) is 5.92 Å². The Balaban J connectivity index is 2.03. The maximum atomic E-state index is 12.6. The zero-order valence-corrected chi connectivity index (χ0v) is 14.3. The molecule has 1 aliphatic rings. The van der Waals surface area contributed by atoms with Gasteiger partial charge in [0, 0.05) is 33.6 Å². The molecule has 1 aliphatic heterocycles. The van der Waals surface area contributed by atoms with E-state index in [1.54, 1.807) is 7.05 Å². The maximum Gasteiger partial charge on any atom is 0.263 e. The van der Waals surface area contributed by atoms with Crippen LogP contribution in [0.4, 0.5) is 0 Å². The zero-order chi connectivity index (χ0) is 15.6. The average Bonchev–Trinajstić information content (AvgIpc) is 2.77. The van der Waals surface area contributed by atoms with Gasteiger partial charge in [0.15, 0.2) is 4.60 Å². The number of hydrogen-bond donors (Lipinski definition) is 1. The molecule has 8 nitrogen and oxygen atoms in total. The minimum Gasteiger partial charge on any atom is -0.356 e. The number of nitrogens with zero attached hydrogens (tertiary/aromatic N) is 4. The van der Waals surface area contributed by atoms with Crippen molar-refractivity contribution in [3.05, 3.63) is 4.60 Å². The van der Waals surface area contributed by atoms with Crippen molar-refractivity contribution < 1.29 is 13.2 Å². The lowest BCUT2D eigenvalue weighted by atomic mass is 9.98. The molecule has 1 fully saturated rings. The molecule has 1 aromatic rings. The number of hydrogen-bond acceptors (Lipinski definition) is 5. The van der Waals surface area contributed by atoms with Crippen LogP contribution in [0.1, 0.15) is 19.8 Å². The zero-order valence-electron chi connectivity index (χ0n) is 11.9. The minimum atomic E-state index is -3.60. The molecule has 0 aliphatic carbocycles. The van der Waals surface area contributed by atoms with Gasteiger partial charge in [0.1, 0.15) is 0 Å². The Morgan fingerprint density at radius 3 is 2.52 bits per heavy atom. The van der Waals surface area contributed by atoms with Crippen LogP contribution in [0.5, 0.6) is 0 Å². The molecule has 0 aromatic carbocycles. The predicted molar refractivity (Wildman–Crippen MR) is 78.9 cm³/mol. The molecule has 0 spiro atoms. The van der Waals surface area contributed by atoms with Crippen molar-refractivity contribution >= 4 is 31.9 Å². The van der Waals surface area contributed by atoms with Crippen LogP contribution >= 0.6 is 15.9 Å². The quantitative estimate of drug-likeness (QED) is 0.800. The van der Waals surface area contributed by atoms with Crippen molar-refractivity contribution in [2.75, 3.05) is 19.6 Å². The van der Waals surface area contributed by atoms with Crippen molar-refractivity contribution in [1.82, 2.24) is 24.6 Å². The summed E-state index contributed by atoms with van der Waals surface area (Å²) in [7, 11) is -2.05. The molecular weight excluding hydrogens is 362 g/mol. The van der Waals surface area contributed by atoms with E-state index < -0.39 is 10.0 Å². The van der Waals surface area contributed by atoms with Crippen LogP contribution in [-0.4, -0.2) is 53.3 Å². The Morgan fingerprint density at radius 1 is 1.43 bits per heavy atom. The van der Waals surface area contributed by atoms with Gasteiger partial charge in [-0.05, 0) is 34.7 Å². The third kappa shape index (κ3) is 3.61. The molecule has 0 bridgehead atoms. The molecule has 0 radical (unpaired) electrons. The van der Waals surface area contributed by atoms with E-state index in [1.807, 2.05) is 0 Å². The van der Waals surface area contributed by atoms with E-state index in [0.717, 1.165) is 12.8 Å². The summed E-state index contributed by atoms with van der Waals surface area (Å²) >= 11 is 3.12. The average molecular weight is 380 g/mol. The number of amides is 1. The SMILES string of the molecule is CC(=O)NCC1CCN(S(=O)(=O)c2c(Br)nnn2C)CC1. The molecule has 0 saturated carbocycles. The van der Waals surface area contributed by atoms with E-state index in [2.05, 4.69) is 31.6 Å². The van der Waals surface area contributed by atoms with Gasteiger partial charge in [0.25, 0.3) is 10.0 Å². The standard InChI is InChI=1S/C11H18BrN5O3S/c1-8(18)13-7-9-3-5-17(6-4-9)21(19,20)11-10(12)14-15-16(11)2/h9H,3-7H2,1-2H3,(H,13,18). The van der Waals surface area contributed by atoms with Crippen LogP contribution in [0.2, 0.25) is 0 Å². The van der Waals surface area contributed by atoms with E-state index >= 15 is 0 Å². The van der Waals surface area contributed by atoms with Gasteiger partial charge in [-0.2, -0.15) is 4.31 Å². The van der Waals surface area contributed by atoms with Gasteiger partial charge in [0.05, 0.1) is 0 Å². The lowest BCUT2D eigenvalue weighted by Gasteiger charge is -2.31. The largest absolute Gasteiger partial charge is 0.356 e. The third-order valence-corrected chi connectivity index (χ3v) is 6.32. The first kappa shape index (κ1) is 16.4. The summed E-state index contributed by atoms with van der Waals surface area (Å²) in [6.07, 6.45) is 1.45. The molecule has 0 unspecified atom stereocenters. The molecular formula is C11H18BrN5O3S. The number of piperidine rings is 1. The predicted octanol–water partition coefficient (Wildman–Crippen LogP) is 0.114. The number of sulfonamides is 1. The summed E-state index contributed by atoms with van der Waals surface area (Å²) in [4.78, 5) is 10.9. The lowest BCUT2D eigenvalue weighted by Crippen LogP contribution is -2.41. The number of rotatable bonds is 4. The van der Waals surface area contributed by atoms with Crippen molar-refractivity contribution in [3.63, 3.8) is 0 Å². The van der Waals surface area contributed by atoms with Crippen LogP contribution in [0.15, 0.2) is 9.63 Å². The number of aromatic nitrogens is 3. The molecule has 10 heteroatoms. The molecule has 0 atom stereocenters. The van der Waals surface area contributed by atoms with Gasteiger partial charge in [-0.25, -0.2) is 13.1 Å². The summed E-state index contributed by atoms with van der Waals surface area (Å²) in [6, 6.07) is 0. The Labute approximate surface area is 132 Å². The number of aryl methyl sites for hydroxylation is 1. The van der Waals surface area contributed by atoms with Crippen LogP contribution in [-0.2, 0) is 21.9 Å². The monoisotopic (exact) mass is 379 g/mol. The van der Waals surface area contributed by atoms with E-state index in [1.165, 1.54) is 15.9 Å². The Morgan fingerprint density at radius 2 is 2.05 bits per heavy atom. The van der Waals surface area contributed by atoms with Crippen LogP contribution in [0.3, 0.4) is 0 Å². The third-order valence-electron chi connectivity index (χ3n) is 3.53. The summed E-state index contributed by atoms with van der Waals surface area (Å²) < 4.78 is 28.1. The normalized spacial score (nSPS) is 17.9. The highest BCUT2D eigenvalue weighted by Gasteiger charge is 2.33. The van der Waals surface area contributed by atoms with E-state index in [9.17, 15) is 13.2 Å². The van der Waals surface area contributed by atoms with Crippen molar-refractivity contribution in [1.29, 1.82) is 0 Å². The number of halogens is 1. The molecule has 2 rings (SSSR count). The molecule has 118 valence electrons. The minimum absolute atomic E-state index is 0.0602. The van der Waals surface area contributed by atoms with Gasteiger partial charge in [0.2, 0.25) is 10.9 Å². The van der Waals surface area contributed by atoms with Crippen LogP contribution in [0.25, 0.3) is 0 Å².